The first kappa shape index (κ1) is 21.3. The van der Waals surface area contributed by atoms with E-state index in [4.69, 9.17) is 9.26 Å². The highest BCUT2D eigenvalue weighted by molar-refractivity contribution is 7.84. The fourth-order valence-corrected chi connectivity index (χ4v) is 4.75. The van der Waals surface area contributed by atoms with Gasteiger partial charge < -0.3 is 14.2 Å². The van der Waals surface area contributed by atoms with Crippen LogP contribution in [0.25, 0.3) is 0 Å². The molecule has 1 saturated carbocycles. The Balaban J connectivity index is 1.18. The Morgan fingerprint density at radius 2 is 2.03 bits per heavy atom. The molecule has 0 radical (unpaired) electrons. The second-order valence-electron chi connectivity index (χ2n) is 9.56. The van der Waals surface area contributed by atoms with Crippen molar-refractivity contribution in [1.82, 2.24) is 15.1 Å². The summed E-state index contributed by atoms with van der Waals surface area (Å²) < 4.78 is 22.6. The van der Waals surface area contributed by atoms with Gasteiger partial charge >= 0.3 is 0 Å². The van der Waals surface area contributed by atoms with E-state index in [1.54, 1.807) is 18.5 Å². The van der Waals surface area contributed by atoms with E-state index in [0.717, 1.165) is 48.1 Å². The third-order valence-corrected chi connectivity index (χ3v) is 7.15. The summed E-state index contributed by atoms with van der Waals surface area (Å²) >= 11 is 0. The van der Waals surface area contributed by atoms with Gasteiger partial charge in [0.1, 0.15) is 0 Å². The third-order valence-electron chi connectivity index (χ3n) is 6.24. The van der Waals surface area contributed by atoms with Crippen LogP contribution in [0.1, 0.15) is 52.3 Å². The first-order valence-corrected chi connectivity index (χ1v) is 12.4. The van der Waals surface area contributed by atoms with Crippen LogP contribution < -0.4 is 9.64 Å². The molecule has 8 heteroatoms. The van der Waals surface area contributed by atoms with Crippen LogP contribution >= 0.6 is 0 Å². The molecule has 0 amide bonds. The van der Waals surface area contributed by atoms with Gasteiger partial charge in [-0.1, -0.05) is 20.8 Å². The second kappa shape index (κ2) is 8.65. The summed E-state index contributed by atoms with van der Waals surface area (Å²) in [6, 6.07) is 3.63. The van der Waals surface area contributed by atoms with Crippen molar-refractivity contribution in [3.63, 3.8) is 0 Å². The lowest BCUT2D eigenvalue weighted by atomic mass is 9.90. The molecule has 2 fully saturated rings. The minimum Gasteiger partial charge on any atom is -0.478 e. The zero-order valence-corrected chi connectivity index (χ0v) is 19.2. The van der Waals surface area contributed by atoms with Crippen molar-refractivity contribution >= 4 is 16.7 Å². The summed E-state index contributed by atoms with van der Waals surface area (Å²) in [6.07, 6.45) is 8.06. The number of aromatic nitrogens is 3. The van der Waals surface area contributed by atoms with Crippen molar-refractivity contribution in [2.75, 3.05) is 30.9 Å². The van der Waals surface area contributed by atoms with E-state index >= 15 is 0 Å². The maximum Gasteiger partial charge on any atom is 0.266 e. The van der Waals surface area contributed by atoms with Crippen LogP contribution in [-0.4, -0.2) is 45.3 Å². The number of anilines is 1. The van der Waals surface area contributed by atoms with Crippen LogP contribution in [0.4, 0.5) is 5.95 Å². The third kappa shape index (κ3) is 5.02. The molecule has 2 aromatic rings. The van der Waals surface area contributed by atoms with Crippen molar-refractivity contribution < 1.29 is 13.5 Å². The SMILES string of the molecule is CS(=O)c1ccc(OCCC2CC2C2CCN(c3noc(C(C)(C)C)n3)CC2)nc1. The Morgan fingerprint density at radius 1 is 1.27 bits per heavy atom. The molecule has 4 rings (SSSR count). The molecular weight excluding hydrogens is 400 g/mol. The van der Waals surface area contributed by atoms with Gasteiger partial charge in [-0.2, -0.15) is 4.98 Å². The summed E-state index contributed by atoms with van der Waals surface area (Å²) in [4.78, 5) is 11.8. The topological polar surface area (TPSA) is 81.4 Å². The molecule has 0 bridgehead atoms. The van der Waals surface area contributed by atoms with Crippen LogP contribution in [-0.2, 0) is 16.2 Å². The summed E-state index contributed by atoms with van der Waals surface area (Å²) in [5.74, 6) is 4.44. The van der Waals surface area contributed by atoms with E-state index in [0.29, 0.717) is 18.4 Å². The molecule has 2 aromatic heterocycles. The first-order valence-electron chi connectivity index (χ1n) is 10.8. The Hall–Kier alpha value is -1.96. The minimum atomic E-state index is -1.00. The van der Waals surface area contributed by atoms with E-state index in [9.17, 15) is 4.21 Å². The number of ether oxygens (including phenoxy) is 1. The number of hydrogen-bond donors (Lipinski definition) is 0. The highest BCUT2D eigenvalue weighted by Gasteiger charge is 2.43. The molecule has 0 spiro atoms. The highest BCUT2D eigenvalue weighted by Crippen LogP contribution is 2.49. The molecule has 2 aliphatic rings. The van der Waals surface area contributed by atoms with E-state index in [-0.39, 0.29) is 5.41 Å². The monoisotopic (exact) mass is 432 g/mol. The smallest absolute Gasteiger partial charge is 0.266 e. The highest BCUT2D eigenvalue weighted by atomic mass is 32.2. The van der Waals surface area contributed by atoms with Crippen molar-refractivity contribution in [1.29, 1.82) is 0 Å². The maximum atomic E-state index is 11.4. The van der Waals surface area contributed by atoms with Gasteiger partial charge in [0, 0.05) is 37.0 Å². The summed E-state index contributed by atoms with van der Waals surface area (Å²) in [6.45, 7) is 8.97. The number of rotatable bonds is 7. The normalized spacial score (nSPS) is 23.4. The average Bonchev–Trinajstić information content (AvgIpc) is 3.30. The van der Waals surface area contributed by atoms with Crippen LogP contribution in [0.5, 0.6) is 5.88 Å². The van der Waals surface area contributed by atoms with Gasteiger partial charge in [-0.15, -0.1) is 0 Å². The van der Waals surface area contributed by atoms with Gasteiger partial charge in [-0.05, 0) is 54.7 Å². The van der Waals surface area contributed by atoms with E-state index in [2.05, 4.69) is 40.8 Å². The quantitative estimate of drug-likeness (QED) is 0.658. The predicted octanol–water partition coefficient (Wildman–Crippen LogP) is 3.82. The zero-order chi connectivity index (χ0) is 21.3. The molecule has 1 saturated heterocycles. The fourth-order valence-electron chi connectivity index (χ4n) is 4.29. The number of nitrogens with zero attached hydrogens (tertiary/aromatic N) is 4. The van der Waals surface area contributed by atoms with Gasteiger partial charge in [0.25, 0.3) is 5.95 Å². The predicted molar refractivity (Wildman–Crippen MR) is 116 cm³/mol. The van der Waals surface area contributed by atoms with Crippen LogP contribution in [0.2, 0.25) is 0 Å². The number of hydrogen-bond acceptors (Lipinski definition) is 7. The molecule has 30 heavy (non-hydrogen) atoms. The minimum absolute atomic E-state index is 0.112. The van der Waals surface area contributed by atoms with Crippen LogP contribution in [0.3, 0.4) is 0 Å². The molecular formula is C22H32N4O3S. The molecule has 0 N–H and O–H groups in total. The van der Waals surface area contributed by atoms with Gasteiger partial charge in [-0.3, -0.25) is 4.21 Å². The van der Waals surface area contributed by atoms with E-state index in [1.165, 1.54) is 19.3 Å². The van der Waals surface area contributed by atoms with Gasteiger partial charge in [0.05, 0.1) is 22.3 Å². The van der Waals surface area contributed by atoms with Crippen LogP contribution in [0, 0.1) is 17.8 Å². The Labute approximate surface area is 181 Å². The summed E-state index contributed by atoms with van der Waals surface area (Å²) in [7, 11) is -1.00. The number of pyridine rings is 1. The van der Waals surface area contributed by atoms with Gasteiger partial charge in [0.2, 0.25) is 11.8 Å². The van der Waals surface area contributed by atoms with E-state index in [1.807, 2.05) is 6.07 Å². The van der Waals surface area contributed by atoms with E-state index < -0.39 is 10.8 Å². The molecule has 0 aromatic carbocycles. The standard InChI is InChI=1S/C22H32N4O3S/c1-22(2,3)20-24-21(25-29-20)26-10-7-15(8-11-26)18-13-16(18)9-12-28-19-6-5-17(14-23-19)30(4)27/h5-6,14-16,18H,7-13H2,1-4H3. The lowest BCUT2D eigenvalue weighted by Gasteiger charge is -2.31. The Bertz CT molecular complexity index is 869. The summed E-state index contributed by atoms with van der Waals surface area (Å²) in [5, 5.41) is 4.19. The molecule has 1 aliphatic carbocycles. The largest absolute Gasteiger partial charge is 0.478 e. The Kier molecular flexibility index (Phi) is 6.14. The molecule has 164 valence electrons. The average molecular weight is 433 g/mol. The van der Waals surface area contributed by atoms with Crippen LogP contribution in [0.15, 0.2) is 27.7 Å². The Morgan fingerprint density at radius 3 is 2.63 bits per heavy atom. The van der Waals surface area contributed by atoms with Crippen molar-refractivity contribution in [2.24, 2.45) is 17.8 Å². The van der Waals surface area contributed by atoms with Crippen molar-refractivity contribution in [3.8, 4) is 5.88 Å². The second-order valence-corrected chi connectivity index (χ2v) is 10.9. The maximum absolute atomic E-state index is 11.4. The fraction of sp³-hybridized carbons (Fsp3) is 0.682. The molecule has 7 nitrogen and oxygen atoms in total. The zero-order valence-electron chi connectivity index (χ0n) is 18.3. The molecule has 3 heterocycles. The first-order chi connectivity index (χ1) is 14.3. The van der Waals surface area contributed by atoms with Crippen molar-refractivity contribution in [3.05, 3.63) is 24.2 Å². The number of piperidine rings is 1. The van der Waals surface area contributed by atoms with Gasteiger partial charge in [0.15, 0.2) is 0 Å². The lowest BCUT2D eigenvalue weighted by Crippen LogP contribution is -2.35. The lowest BCUT2D eigenvalue weighted by molar-refractivity contribution is 0.275. The van der Waals surface area contributed by atoms with Crippen molar-refractivity contribution in [2.45, 2.75) is 56.8 Å². The van der Waals surface area contributed by atoms with Gasteiger partial charge in [-0.25, -0.2) is 4.98 Å². The summed E-state index contributed by atoms with van der Waals surface area (Å²) in [5.41, 5.74) is -0.112. The molecule has 3 atom stereocenters. The molecule has 1 aliphatic heterocycles. The molecule has 3 unspecified atom stereocenters.